The maximum absolute atomic E-state index is 11.5. The monoisotopic (exact) mass is 264 g/mol. The van der Waals surface area contributed by atoms with Crippen LogP contribution >= 0.6 is 0 Å². The van der Waals surface area contributed by atoms with Crippen molar-refractivity contribution in [2.45, 2.75) is 19.3 Å². The van der Waals surface area contributed by atoms with Crippen LogP contribution in [0.1, 0.15) is 18.4 Å². The van der Waals surface area contributed by atoms with Gasteiger partial charge in [-0.05, 0) is 24.1 Å². The standard InChI is InChI=1S/C14H20N2O3/c1-16(2)13(17)9-10-19-14(18)8-5-11-3-6-12(15)7-4-11/h3-4,6-7H,5,8-10,15H2,1-2H3. The lowest BCUT2D eigenvalue weighted by molar-refractivity contribution is -0.145. The Morgan fingerprint density at radius 2 is 1.79 bits per heavy atom. The summed E-state index contributed by atoms with van der Waals surface area (Å²) in [5.41, 5.74) is 7.31. The molecule has 0 aliphatic heterocycles. The molecule has 1 aromatic rings. The van der Waals surface area contributed by atoms with Crippen molar-refractivity contribution >= 4 is 17.6 Å². The van der Waals surface area contributed by atoms with Gasteiger partial charge in [-0.2, -0.15) is 0 Å². The van der Waals surface area contributed by atoms with Gasteiger partial charge in [0.1, 0.15) is 6.61 Å². The van der Waals surface area contributed by atoms with Crippen LogP contribution in [0.4, 0.5) is 5.69 Å². The lowest BCUT2D eigenvalue weighted by atomic mass is 10.1. The predicted molar refractivity (Wildman–Crippen MR) is 73.4 cm³/mol. The van der Waals surface area contributed by atoms with Gasteiger partial charge in [-0.3, -0.25) is 9.59 Å². The van der Waals surface area contributed by atoms with E-state index in [2.05, 4.69) is 0 Å². The lowest BCUT2D eigenvalue weighted by Crippen LogP contribution is -2.23. The van der Waals surface area contributed by atoms with Crippen molar-refractivity contribution in [3.8, 4) is 0 Å². The molecule has 1 aromatic carbocycles. The second-order valence-electron chi connectivity index (χ2n) is 4.50. The minimum atomic E-state index is -0.289. The smallest absolute Gasteiger partial charge is 0.306 e. The zero-order valence-corrected chi connectivity index (χ0v) is 11.4. The van der Waals surface area contributed by atoms with Gasteiger partial charge in [0.15, 0.2) is 0 Å². The fourth-order valence-electron chi connectivity index (χ4n) is 1.48. The van der Waals surface area contributed by atoms with E-state index in [1.54, 1.807) is 26.2 Å². The summed E-state index contributed by atoms with van der Waals surface area (Å²) in [7, 11) is 3.34. The lowest BCUT2D eigenvalue weighted by Gasteiger charge is -2.10. The van der Waals surface area contributed by atoms with E-state index >= 15 is 0 Å². The molecular weight excluding hydrogens is 244 g/mol. The fraction of sp³-hybridized carbons (Fsp3) is 0.429. The first kappa shape index (κ1) is 15.0. The zero-order chi connectivity index (χ0) is 14.3. The molecule has 19 heavy (non-hydrogen) atoms. The summed E-state index contributed by atoms with van der Waals surface area (Å²) < 4.78 is 5.00. The van der Waals surface area contributed by atoms with Crippen molar-refractivity contribution in [3.63, 3.8) is 0 Å². The summed E-state index contributed by atoms with van der Waals surface area (Å²) in [6, 6.07) is 7.38. The van der Waals surface area contributed by atoms with E-state index in [9.17, 15) is 9.59 Å². The van der Waals surface area contributed by atoms with Gasteiger partial charge < -0.3 is 15.4 Å². The van der Waals surface area contributed by atoms with Crippen LogP contribution in [0.3, 0.4) is 0 Å². The molecule has 0 aliphatic carbocycles. The number of benzene rings is 1. The number of aryl methyl sites for hydroxylation is 1. The Morgan fingerprint density at radius 3 is 2.37 bits per heavy atom. The summed E-state index contributed by atoms with van der Waals surface area (Å²) in [5.74, 6) is -0.338. The highest BCUT2D eigenvalue weighted by molar-refractivity contribution is 5.76. The Kier molecular flexibility index (Phi) is 5.85. The van der Waals surface area contributed by atoms with Gasteiger partial charge in [0.25, 0.3) is 0 Å². The number of rotatable bonds is 6. The predicted octanol–water partition coefficient (Wildman–Crippen LogP) is 1.22. The normalized spacial score (nSPS) is 10.0. The molecule has 2 N–H and O–H groups in total. The van der Waals surface area contributed by atoms with Crippen LogP contribution < -0.4 is 5.73 Å². The van der Waals surface area contributed by atoms with Gasteiger partial charge in [0.05, 0.1) is 6.42 Å². The van der Waals surface area contributed by atoms with Gasteiger partial charge in [0, 0.05) is 26.2 Å². The van der Waals surface area contributed by atoms with Gasteiger partial charge >= 0.3 is 5.97 Å². The molecule has 0 saturated carbocycles. The average Bonchev–Trinajstić information content (AvgIpc) is 2.37. The van der Waals surface area contributed by atoms with Crippen LogP contribution in [-0.2, 0) is 20.7 Å². The Labute approximate surface area is 113 Å². The molecule has 0 aromatic heterocycles. The zero-order valence-electron chi connectivity index (χ0n) is 11.4. The van der Waals surface area contributed by atoms with E-state index in [0.717, 1.165) is 5.56 Å². The summed E-state index contributed by atoms with van der Waals surface area (Å²) >= 11 is 0. The van der Waals surface area contributed by atoms with E-state index in [-0.39, 0.29) is 24.9 Å². The fourth-order valence-corrected chi connectivity index (χ4v) is 1.48. The van der Waals surface area contributed by atoms with Crippen molar-refractivity contribution < 1.29 is 14.3 Å². The van der Waals surface area contributed by atoms with Gasteiger partial charge in [-0.25, -0.2) is 0 Å². The van der Waals surface area contributed by atoms with Crippen LogP contribution in [0.2, 0.25) is 0 Å². The molecule has 0 spiro atoms. The average molecular weight is 264 g/mol. The molecule has 0 radical (unpaired) electrons. The minimum absolute atomic E-state index is 0.0497. The molecule has 0 saturated heterocycles. The Hall–Kier alpha value is -2.04. The second-order valence-corrected chi connectivity index (χ2v) is 4.50. The van der Waals surface area contributed by atoms with E-state index < -0.39 is 0 Å². The maximum atomic E-state index is 11.5. The number of hydrogen-bond donors (Lipinski definition) is 1. The minimum Gasteiger partial charge on any atom is -0.465 e. The van der Waals surface area contributed by atoms with E-state index in [4.69, 9.17) is 10.5 Å². The number of hydrogen-bond acceptors (Lipinski definition) is 4. The van der Waals surface area contributed by atoms with Crippen molar-refractivity contribution in [3.05, 3.63) is 29.8 Å². The van der Waals surface area contributed by atoms with Crippen LogP contribution in [-0.4, -0.2) is 37.5 Å². The highest BCUT2D eigenvalue weighted by Gasteiger charge is 2.07. The molecule has 5 nitrogen and oxygen atoms in total. The molecule has 0 aliphatic rings. The highest BCUT2D eigenvalue weighted by Crippen LogP contribution is 2.08. The van der Waals surface area contributed by atoms with Crippen molar-refractivity contribution in [2.24, 2.45) is 0 Å². The van der Waals surface area contributed by atoms with E-state index in [1.165, 1.54) is 4.90 Å². The van der Waals surface area contributed by atoms with Gasteiger partial charge in [-0.15, -0.1) is 0 Å². The largest absolute Gasteiger partial charge is 0.465 e. The van der Waals surface area contributed by atoms with E-state index in [1.807, 2.05) is 12.1 Å². The third kappa shape index (κ3) is 5.90. The number of carbonyl (C=O) groups is 2. The third-order valence-electron chi connectivity index (χ3n) is 2.68. The van der Waals surface area contributed by atoms with Crippen LogP contribution in [0, 0.1) is 0 Å². The number of ether oxygens (including phenoxy) is 1. The highest BCUT2D eigenvalue weighted by atomic mass is 16.5. The second kappa shape index (κ2) is 7.41. The van der Waals surface area contributed by atoms with E-state index in [0.29, 0.717) is 18.5 Å². The SMILES string of the molecule is CN(C)C(=O)CCOC(=O)CCc1ccc(N)cc1. The Morgan fingerprint density at radius 1 is 1.16 bits per heavy atom. The first-order valence-corrected chi connectivity index (χ1v) is 6.19. The Bertz CT molecular complexity index is 427. The molecule has 1 rings (SSSR count). The number of carbonyl (C=O) groups excluding carboxylic acids is 2. The molecule has 1 amide bonds. The molecule has 0 atom stereocenters. The number of esters is 1. The topological polar surface area (TPSA) is 72.6 Å². The summed E-state index contributed by atoms with van der Waals surface area (Å²) in [5, 5.41) is 0. The van der Waals surface area contributed by atoms with Crippen LogP contribution in [0.5, 0.6) is 0 Å². The molecular formula is C14H20N2O3. The number of amides is 1. The first-order chi connectivity index (χ1) is 8.99. The quantitative estimate of drug-likeness (QED) is 0.619. The third-order valence-corrected chi connectivity index (χ3v) is 2.68. The van der Waals surface area contributed by atoms with Crippen molar-refractivity contribution in [1.29, 1.82) is 0 Å². The summed E-state index contributed by atoms with van der Waals surface area (Å²) in [6.07, 6.45) is 1.14. The molecule has 104 valence electrons. The number of nitrogens with two attached hydrogens (primary N) is 1. The van der Waals surface area contributed by atoms with Crippen LogP contribution in [0.15, 0.2) is 24.3 Å². The van der Waals surface area contributed by atoms with Gasteiger partial charge in [0.2, 0.25) is 5.91 Å². The van der Waals surface area contributed by atoms with Gasteiger partial charge in [-0.1, -0.05) is 12.1 Å². The molecule has 0 heterocycles. The molecule has 5 heteroatoms. The first-order valence-electron chi connectivity index (χ1n) is 6.19. The molecule has 0 bridgehead atoms. The number of nitrogen functional groups attached to an aromatic ring is 1. The van der Waals surface area contributed by atoms with Crippen molar-refractivity contribution in [2.75, 3.05) is 26.4 Å². The van der Waals surface area contributed by atoms with Crippen molar-refractivity contribution in [1.82, 2.24) is 4.90 Å². The summed E-state index contributed by atoms with van der Waals surface area (Å²) in [4.78, 5) is 24.2. The summed E-state index contributed by atoms with van der Waals surface area (Å²) in [6.45, 7) is 0.136. The molecule has 0 unspecified atom stereocenters. The van der Waals surface area contributed by atoms with Crippen LogP contribution in [0.25, 0.3) is 0 Å². The molecule has 0 fully saturated rings. The maximum Gasteiger partial charge on any atom is 0.306 e. The number of anilines is 1. The Balaban J connectivity index is 2.21. The number of nitrogens with zero attached hydrogens (tertiary/aromatic N) is 1.